The van der Waals surface area contributed by atoms with Crippen molar-refractivity contribution in [3.05, 3.63) is 59.9 Å². The summed E-state index contributed by atoms with van der Waals surface area (Å²) in [6.07, 6.45) is 1.60. The predicted molar refractivity (Wildman–Crippen MR) is 71.3 cm³/mol. The highest BCUT2D eigenvalue weighted by Gasteiger charge is 2.08. The zero-order chi connectivity index (χ0) is 12.1. The van der Waals surface area contributed by atoms with E-state index in [0.717, 1.165) is 11.3 Å². The number of carbonyl (C=O) groups excluding carboxylic acids is 1. The molecule has 4 heteroatoms. The minimum Gasteiger partial charge on any atom is -0.320 e. The number of hydrogen-bond acceptors (Lipinski definition) is 2. The second-order valence-electron chi connectivity index (χ2n) is 3.46. The van der Waals surface area contributed by atoms with Gasteiger partial charge in [0.05, 0.1) is 0 Å². The van der Waals surface area contributed by atoms with Gasteiger partial charge in [-0.3, -0.25) is 9.78 Å². The first-order chi connectivity index (χ1) is 8.31. The summed E-state index contributed by atoms with van der Waals surface area (Å²) >= 11 is 3.39. The second kappa shape index (κ2) is 5.59. The highest BCUT2D eigenvalue weighted by molar-refractivity contribution is 9.08. The number of alkyl halides is 1. The molecule has 0 spiro atoms. The van der Waals surface area contributed by atoms with E-state index in [1.807, 2.05) is 24.3 Å². The van der Waals surface area contributed by atoms with Crippen LogP contribution < -0.4 is 5.32 Å². The molecule has 2 rings (SSSR count). The molecule has 0 bridgehead atoms. The van der Waals surface area contributed by atoms with Crippen molar-refractivity contribution in [1.29, 1.82) is 0 Å². The van der Waals surface area contributed by atoms with Crippen LogP contribution >= 0.6 is 15.9 Å². The van der Waals surface area contributed by atoms with E-state index in [-0.39, 0.29) is 5.91 Å². The van der Waals surface area contributed by atoms with Crippen LogP contribution in [0.5, 0.6) is 0 Å². The average Bonchev–Trinajstić information content (AvgIpc) is 2.40. The molecule has 1 aromatic heterocycles. The molecule has 1 aromatic carbocycles. The Kier molecular flexibility index (Phi) is 3.88. The molecular formula is C13H11BrN2O. The van der Waals surface area contributed by atoms with E-state index in [0.29, 0.717) is 11.0 Å². The van der Waals surface area contributed by atoms with Gasteiger partial charge in [0.25, 0.3) is 5.91 Å². The maximum atomic E-state index is 11.9. The van der Waals surface area contributed by atoms with Crippen molar-refractivity contribution in [1.82, 2.24) is 4.98 Å². The molecule has 3 nitrogen and oxygen atoms in total. The molecule has 0 aliphatic rings. The van der Waals surface area contributed by atoms with Gasteiger partial charge in [0.2, 0.25) is 0 Å². The largest absolute Gasteiger partial charge is 0.320 e. The molecule has 0 fully saturated rings. The topological polar surface area (TPSA) is 42.0 Å². The van der Waals surface area contributed by atoms with E-state index in [2.05, 4.69) is 26.2 Å². The maximum Gasteiger partial charge on any atom is 0.274 e. The highest BCUT2D eigenvalue weighted by Crippen LogP contribution is 2.18. The number of anilines is 1. The van der Waals surface area contributed by atoms with Gasteiger partial charge in [-0.1, -0.05) is 40.2 Å². The third-order valence-corrected chi connectivity index (χ3v) is 2.91. The van der Waals surface area contributed by atoms with Crippen molar-refractivity contribution in [2.24, 2.45) is 0 Å². The average molecular weight is 291 g/mol. The molecule has 1 amide bonds. The van der Waals surface area contributed by atoms with Gasteiger partial charge in [0.15, 0.2) is 0 Å². The first-order valence-corrected chi connectivity index (χ1v) is 6.29. The molecule has 0 aliphatic heterocycles. The summed E-state index contributed by atoms with van der Waals surface area (Å²) in [5.74, 6) is -0.195. The number of rotatable bonds is 3. The van der Waals surface area contributed by atoms with E-state index < -0.39 is 0 Å². The van der Waals surface area contributed by atoms with Crippen molar-refractivity contribution >= 4 is 27.5 Å². The minimum atomic E-state index is -0.195. The first kappa shape index (κ1) is 11.8. The number of para-hydroxylation sites is 1. The van der Waals surface area contributed by atoms with Gasteiger partial charge in [-0.2, -0.15) is 0 Å². The summed E-state index contributed by atoms with van der Waals surface area (Å²) in [6.45, 7) is 0. The number of amides is 1. The molecular weight excluding hydrogens is 280 g/mol. The number of benzene rings is 1. The van der Waals surface area contributed by atoms with Gasteiger partial charge in [-0.25, -0.2) is 0 Å². The van der Waals surface area contributed by atoms with Crippen molar-refractivity contribution in [3.63, 3.8) is 0 Å². The SMILES string of the molecule is O=C(Nc1ccccc1CBr)c1ccccn1. The van der Waals surface area contributed by atoms with Gasteiger partial charge in [0, 0.05) is 17.2 Å². The van der Waals surface area contributed by atoms with E-state index in [4.69, 9.17) is 0 Å². The Morgan fingerprint density at radius 2 is 1.94 bits per heavy atom. The Balaban J connectivity index is 2.19. The van der Waals surface area contributed by atoms with Gasteiger partial charge in [0.1, 0.15) is 5.69 Å². The second-order valence-corrected chi connectivity index (χ2v) is 4.02. The van der Waals surface area contributed by atoms with Crippen LogP contribution in [0, 0.1) is 0 Å². The number of nitrogens with one attached hydrogen (secondary N) is 1. The van der Waals surface area contributed by atoms with Crippen LogP contribution in [0.15, 0.2) is 48.7 Å². The molecule has 17 heavy (non-hydrogen) atoms. The van der Waals surface area contributed by atoms with Gasteiger partial charge in [-0.05, 0) is 23.8 Å². The zero-order valence-corrected chi connectivity index (χ0v) is 10.6. The summed E-state index contributed by atoms with van der Waals surface area (Å²) in [6, 6.07) is 12.9. The summed E-state index contributed by atoms with van der Waals surface area (Å²) in [7, 11) is 0. The van der Waals surface area contributed by atoms with E-state index >= 15 is 0 Å². The van der Waals surface area contributed by atoms with Gasteiger partial charge in [-0.15, -0.1) is 0 Å². The highest BCUT2D eigenvalue weighted by atomic mass is 79.9. The number of carbonyl (C=O) groups is 1. The summed E-state index contributed by atoms with van der Waals surface area (Å²) in [5.41, 5.74) is 2.26. The Morgan fingerprint density at radius 3 is 2.65 bits per heavy atom. The van der Waals surface area contributed by atoms with Gasteiger partial charge >= 0.3 is 0 Å². The van der Waals surface area contributed by atoms with Crippen molar-refractivity contribution in [2.45, 2.75) is 5.33 Å². The third-order valence-electron chi connectivity index (χ3n) is 2.31. The molecule has 1 heterocycles. The fourth-order valence-corrected chi connectivity index (χ4v) is 1.93. The van der Waals surface area contributed by atoms with Crippen LogP contribution in [-0.2, 0) is 5.33 Å². The lowest BCUT2D eigenvalue weighted by Gasteiger charge is -2.08. The van der Waals surface area contributed by atoms with Gasteiger partial charge < -0.3 is 5.32 Å². The van der Waals surface area contributed by atoms with Crippen LogP contribution in [-0.4, -0.2) is 10.9 Å². The van der Waals surface area contributed by atoms with Crippen LogP contribution in [0.1, 0.15) is 16.1 Å². The fraction of sp³-hybridized carbons (Fsp3) is 0.0769. The lowest BCUT2D eigenvalue weighted by Crippen LogP contribution is -2.14. The standard InChI is InChI=1S/C13H11BrN2O/c14-9-10-5-1-2-6-11(10)16-13(17)12-7-3-4-8-15-12/h1-8H,9H2,(H,16,17). The van der Waals surface area contributed by atoms with Crippen LogP contribution in [0.2, 0.25) is 0 Å². The lowest BCUT2D eigenvalue weighted by molar-refractivity contribution is 0.102. The smallest absolute Gasteiger partial charge is 0.274 e. The first-order valence-electron chi connectivity index (χ1n) is 5.17. The molecule has 0 saturated heterocycles. The van der Waals surface area contributed by atoms with Crippen LogP contribution in [0.25, 0.3) is 0 Å². The van der Waals surface area contributed by atoms with E-state index in [1.165, 1.54) is 0 Å². The van der Waals surface area contributed by atoms with Crippen molar-refractivity contribution < 1.29 is 4.79 Å². The Morgan fingerprint density at radius 1 is 1.18 bits per heavy atom. The number of halogens is 1. The number of nitrogens with zero attached hydrogens (tertiary/aromatic N) is 1. The molecule has 0 atom stereocenters. The third kappa shape index (κ3) is 2.91. The summed E-state index contributed by atoms with van der Waals surface area (Å²) < 4.78 is 0. The normalized spacial score (nSPS) is 9.94. The molecule has 0 saturated carbocycles. The molecule has 0 aliphatic carbocycles. The Bertz CT molecular complexity index is 514. The molecule has 0 radical (unpaired) electrons. The van der Waals surface area contributed by atoms with Crippen molar-refractivity contribution in [2.75, 3.05) is 5.32 Å². The quantitative estimate of drug-likeness (QED) is 0.882. The maximum absolute atomic E-state index is 11.9. The van der Waals surface area contributed by atoms with Crippen molar-refractivity contribution in [3.8, 4) is 0 Å². The fourth-order valence-electron chi connectivity index (χ4n) is 1.44. The minimum absolute atomic E-state index is 0.195. The summed E-state index contributed by atoms with van der Waals surface area (Å²) in [4.78, 5) is 15.9. The lowest BCUT2D eigenvalue weighted by atomic mass is 10.2. The molecule has 2 aromatic rings. The number of aromatic nitrogens is 1. The molecule has 1 N–H and O–H groups in total. The van der Waals surface area contributed by atoms with E-state index in [1.54, 1.807) is 24.4 Å². The number of hydrogen-bond donors (Lipinski definition) is 1. The zero-order valence-electron chi connectivity index (χ0n) is 9.06. The molecule has 86 valence electrons. The summed E-state index contributed by atoms with van der Waals surface area (Å²) in [5, 5.41) is 3.55. The predicted octanol–water partition coefficient (Wildman–Crippen LogP) is 3.23. The monoisotopic (exact) mass is 290 g/mol. The van der Waals surface area contributed by atoms with Crippen LogP contribution in [0.4, 0.5) is 5.69 Å². The number of pyridine rings is 1. The molecule has 0 unspecified atom stereocenters. The van der Waals surface area contributed by atoms with Crippen LogP contribution in [0.3, 0.4) is 0 Å². The Labute approximate surface area is 108 Å². The Hall–Kier alpha value is -1.68. The van der Waals surface area contributed by atoms with E-state index in [9.17, 15) is 4.79 Å².